The Morgan fingerprint density at radius 3 is 2.59 bits per heavy atom. The number of carbonyl (C=O) groups excluding carboxylic acids is 3. The Morgan fingerprint density at radius 1 is 1.22 bits per heavy atom. The smallest absolute Gasteiger partial charge is 0.315 e. The van der Waals surface area contributed by atoms with Crippen molar-refractivity contribution in [3.05, 3.63) is 0 Å². The van der Waals surface area contributed by atoms with Crippen LogP contribution in [0.3, 0.4) is 0 Å². The molecule has 0 unspecified atom stereocenters. The lowest BCUT2D eigenvalue weighted by Crippen LogP contribution is -2.62. The number of urea groups is 1. The number of fused-ring (bicyclic) bond motifs is 1. The Balaban J connectivity index is 1.59. The van der Waals surface area contributed by atoms with Gasteiger partial charge in [0.1, 0.15) is 6.04 Å². The normalized spacial score (nSPS) is 28.2. The third-order valence-corrected chi connectivity index (χ3v) is 5.55. The van der Waals surface area contributed by atoms with Crippen LogP contribution in [0, 0.1) is 5.92 Å². The fraction of sp³-hybridized carbons (Fsp3) is 0.842. The van der Waals surface area contributed by atoms with E-state index in [4.69, 9.17) is 0 Å². The number of rotatable bonds is 7. The molecule has 4 amide bonds. The topological polar surface area (TPSA) is 93.8 Å². The molecule has 0 aromatic heterocycles. The molecule has 0 bridgehead atoms. The van der Waals surface area contributed by atoms with Gasteiger partial charge in [-0.05, 0) is 46.1 Å². The molecule has 2 saturated heterocycles. The maximum absolute atomic E-state index is 13.1. The summed E-state index contributed by atoms with van der Waals surface area (Å²) in [6, 6.07) is -0.298. The summed E-state index contributed by atoms with van der Waals surface area (Å²) in [5, 5.41) is 8.80. The lowest BCUT2D eigenvalue weighted by Gasteiger charge is -2.42. The Hall–Kier alpha value is -1.83. The monoisotopic (exact) mass is 379 g/mol. The van der Waals surface area contributed by atoms with Crippen molar-refractivity contribution < 1.29 is 14.4 Å². The molecule has 0 radical (unpaired) electrons. The molecule has 0 spiro atoms. The van der Waals surface area contributed by atoms with Crippen molar-refractivity contribution in [1.82, 2.24) is 25.8 Å². The molecule has 0 aromatic carbocycles. The first kappa shape index (κ1) is 19.9. The van der Waals surface area contributed by atoms with E-state index < -0.39 is 0 Å². The summed E-state index contributed by atoms with van der Waals surface area (Å²) in [7, 11) is 0. The summed E-state index contributed by atoms with van der Waals surface area (Å²) in [6.07, 6.45) is 3.66. The second-order valence-electron chi connectivity index (χ2n) is 8.38. The highest BCUT2D eigenvalue weighted by atomic mass is 16.2. The molecule has 3 aliphatic rings. The molecule has 3 N–H and O–H groups in total. The zero-order valence-corrected chi connectivity index (χ0v) is 16.7. The van der Waals surface area contributed by atoms with Gasteiger partial charge in [-0.1, -0.05) is 6.92 Å². The minimum absolute atomic E-state index is 0.0269. The van der Waals surface area contributed by atoms with Crippen molar-refractivity contribution in [2.75, 3.05) is 26.2 Å². The van der Waals surface area contributed by atoms with Crippen LogP contribution in [0.15, 0.2) is 0 Å². The second kappa shape index (κ2) is 8.46. The first-order chi connectivity index (χ1) is 12.9. The summed E-state index contributed by atoms with van der Waals surface area (Å²) in [5.41, 5.74) is 0. The van der Waals surface area contributed by atoms with Crippen molar-refractivity contribution >= 4 is 17.8 Å². The predicted octanol–water partition coefficient (Wildman–Crippen LogP) is 0.284. The van der Waals surface area contributed by atoms with E-state index in [2.05, 4.69) is 27.8 Å². The Labute approximate surface area is 161 Å². The van der Waals surface area contributed by atoms with Crippen molar-refractivity contribution in [3.8, 4) is 0 Å². The molecule has 1 aliphatic carbocycles. The molecule has 152 valence electrons. The highest BCUT2D eigenvalue weighted by Crippen LogP contribution is 2.29. The molecular weight excluding hydrogens is 346 g/mol. The molecule has 2 heterocycles. The average molecular weight is 380 g/mol. The quantitative estimate of drug-likeness (QED) is 0.592. The van der Waals surface area contributed by atoms with Crippen LogP contribution < -0.4 is 16.0 Å². The summed E-state index contributed by atoms with van der Waals surface area (Å²) in [4.78, 5) is 41.2. The maximum atomic E-state index is 13.1. The minimum Gasteiger partial charge on any atom is -0.354 e. The van der Waals surface area contributed by atoms with Crippen molar-refractivity contribution in [3.63, 3.8) is 0 Å². The van der Waals surface area contributed by atoms with E-state index in [9.17, 15) is 14.4 Å². The van der Waals surface area contributed by atoms with Crippen LogP contribution in [0.25, 0.3) is 0 Å². The van der Waals surface area contributed by atoms with Gasteiger partial charge in [0.05, 0.1) is 6.04 Å². The molecule has 8 heteroatoms. The number of hydrogen-bond acceptors (Lipinski definition) is 4. The first-order valence-corrected chi connectivity index (χ1v) is 10.3. The van der Waals surface area contributed by atoms with Gasteiger partial charge in [0.15, 0.2) is 0 Å². The van der Waals surface area contributed by atoms with Gasteiger partial charge in [-0.25, -0.2) is 4.79 Å². The molecule has 0 aromatic rings. The zero-order chi connectivity index (χ0) is 19.6. The third kappa shape index (κ3) is 4.91. The number of piperazine rings is 1. The van der Waals surface area contributed by atoms with E-state index in [0.717, 1.165) is 38.8 Å². The average Bonchev–Trinajstić information content (AvgIpc) is 3.35. The highest BCUT2D eigenvalue weighted by molar-refractivity contribution is 5.86. The van der Waals surface area contributed by atoms with E-state index in [1.807, 2.05) is 18.7 Å². The Bertz CT molecular complexity index is 578. The molecule has 27 heavy (non-hydrogen) atoms. The molecule has 3 atom stereocenters. The van der Waals surface area contributed by atoms with Crippen LogP contribution >= 0.6 is 0 Å². The van der Waals surface area contributed by atoms with E-state index in [1.54, 1.807) is 0 Å². The summed E-state index contributed by atoms with van der Waals surface area (Å²) < 4.78 is 0. The maximum Gasteiger partial charge on any atom is 0.315 e. The van der Waals surface area contributed by atoms with E-state index in [-0.39, 0.29) is 47.9 Å². The van der Waals surface area contributed by atoms with Gasteiger partial charge in [-0.15, -0.1) is 0 Å². The van der Waals surface area contributed by atoms with Crippen LogP contribution in [0.2, 0.25) is 0 Å². The van der Waals surface area contributed by atoms with Gasteiger partial charge in [0.2, 0.25) is 11.8 Å². The number of hydrogen-bond donors (Lipinski definition) is 3. The summed E-state index contributed by atoms with van der Waals surface area (Å²) in [6.45, 7) is 8.51. The largest absolute Gasteiger partial charge is 0.354 e. The van der Waals surface area contributed by atoms with E-state index >= 15 is 0 Å². The van der Waals surface area contributed by atoms with Gasteiger partial charge in [0, 0.05) is 37.6 Å². The first-order valence-electron chi connectivity index (χ1n) is 10.3. The van der Waals surface area contributed by atoms with Gasteiger partial charge in [0.25, 0.3) is 0 Å². The SMILES string of the molecule is CCCN1C[C@@H]2C[C@H](NC(=O)NC(C)C)CN2C(=O)[C@@H]1CNC(=O)C1CC1. The highest BCUT2D eigenvalue weighted by Gasteiger charge is 2.45. The van der Waals surface area contributed by atoms with Gasteiger partial charge >= 0.3 is 6.03 Å². The fourth-order valence-electron chi connectivity index (χ4n) is 4.14. The molecular formula is C19H33N5O3. The second-order valence-corrected chi connectivity index (χ2v) is 8.38. The molecule has 2 aliphatic heterocycles. The third-order valence-electron chi connectivity index (χ3n) is 5.55. The fourth-order valence-corrected chi connectivity index (χ4v) is 4.14. The van der Waals surface area contributed by atoms with E-state index in [1.165, 1.54) is 0 Å². The summed E-state index contributed by atoms with van der Waals surface area (Å²) in [5.74, 6) is 0.299. The standard InChI is InChI=1S/C19H33N5O3/c1-4-7-23-11-15-8-14(22-19(27)21-12(2)3)10-24(15)18(26)16(23)9-20-17(25)13-5-6-13/h12-16H,4-11H2,1-3H3,(H,20,25)(H2,21,22,27)/t14-,15-,16-/m0/s1. The Morgan fingerprint density at radius 2 is 1.96 bits per heavy atom. The lowest BCUT2D eigenvalue weighted by molar-refractivity contribution is -0.143. The van der Waals surface area contributed by atoms with Crippen LogP contribution in [0.1, 0.15) is 46.5 Å². The molecule has 3 rings (SSSR count). The number of nitrogens with one attached hydrogen (secondary N) is 3. The van der Waals surface area contributed by atoms with Crippen LogP contribution in [-0.2, 0) is 9.59 Å². The zero-order valence-electron chi connectivity index (χ0n) is 16.7. The van der Waals surface area contributed by atoms with Crippen molar-refractivity contribution in [1.29, 1.82) is 0 Å². The molecule has 1 saturated carbocycles. The van der Waals surface area contributed by atoms with Crippen LogP contribution in [-0.4, -0.2) is 78.0 Å². The van der Waals surface area contributed by atoms with Gasteiger partial charge < -0.3 is 20.9 Å². The van der Waals surface area contributed by atoms with Gasteiger partial charge in [-0.3, -0.25) is 14.5 Å². The number of carbonyl (C=O) groups is 3. The van der Waals surface area contributed by atoms with Crippen molar-refractivity contribution in [2.24, 2.45) is 5.92 Å². The van der Waals surface area contributed by atoms with Crippen LogP contribution in [0.5, 0.6) is 0 Å². The lowest BCUT2D eigenvalue weighted by atomic mass is 10.0. The number of nitrogens with zero attached hydrogens (tertiary/aromatic N) is 2. The molecule has 3 fully saturated rings. The minimum atomic E-state index is -0.299. The number of amides is 4. The molecule has 8 nitrogen and oxygen atoms in total. The van der Waals surface area contributed by atoms with Crippen LogP contribution in [0.4, 0.5) is 4.79 Å². The van der Waals surface area contributed by atoms with E-state index in [0.29, 0.717) is 13.1 Å². The summed E-state index contributed by atoms with van der Waals surface area (Å²) >= 11 is 0. The Kier molecular flexibility index (Phi) is 6.24. The van der Waals surface area contributed by atoms with Gasteiger partial charge in [-0.2, -0.15) is 0 Å². The van der Waals surface area contributed by atoms with Crippen molar-refractivity contribution in [2.45, 2.75) is 70.6 Å². The predicted molar refractivity (Wildman–Crippen MR) is 102 cm³/mol.